The molecule has 7 nitrogen and oxygen atoms in total. The zero-order chi connectivity index (χ0) is 21.1. The second-order valence-electron chi connectivity index (χ2n) is 7.40. The first-order valence-electron chi connectivity index (χ1n) is 9.74. The number of methoxy groups -OCH3 is 1. The van der Waals surface area contributed by atoms with Gasteiger partial charge in [-0.15, -0.1) is 11.3 Å². The molecule has 0 radical (unpaired) electrons. The van der Waals surface area contributed by atoms with Crippen molar-refractivity contribution in [3.63, 3.8) is 0 Å². The van der Waals surface area contributed by atoms with E-state index in [1.54, 1.807) is 12.1 Å². The minimum atomic E-state index is -0.333. The molecular formula is C21H28N4O3S. The first-order chi connectivity index (χ1) is 13.8. The van der Waals surface area contributed by atoms with Gasteiger partial charge < -0.3 is 15.0 Å². The molecule has 1 aromatic heterocycles. The fourth-order valence-corrected chi connectivity index (χ4v) is 4.41. The van der Waals surface area contributed by atoms with Gasteiger partial charge in [-0.3, -0.25) is 9.69 Å². The quantitative estimate of drug-likeness (QED) is 0.755. The molecule has 29 heavy (non-hydrogen) atoms. The van der Waals surface area contributed by atoms with E-state index in [1.165, 1.54) is 18.4 Å². The summed E-state index contributed by atoms with van der Waals surface area (Å²) in [6.07, 6.45) is 0. The molecule has 1 aliphatic heterocycles. The average molecular weight is 417 g/mol. The third kappa shape index (κ3) is 4.76. The largest absolute Gasteiger partial charge is 0.465 e. The molecule has 3 rings (SSSR count). The van der Waals surface area contributed by atoms with Gasteiger partial charge in [-0.1, -0.05) is 0 Å². The number of esters is 1. The monoisotopic (exact) mass is 416 g/mol. The number of anilines is 2. The molecule has 1 N–H and O–H groups in total. The summed E-state index contributed by atoms with van der Waals surface area (Å²) >= 11 is 1.51. The molecule has 1 aromatic carbocycles. The summed E-state index contributed by atoms with van der Waals surface area (Å²) in [6.45, 7) is 10.4. The lowest BCUT2D eigenvalue weighted by Crippen LogP contribution is -2.57. The Balaban J connectivity index is 1.60. The number of hydrogen-bond donors (Lipinski definition) is 1. The molecule has 0 aliphatic carbocycles. The molecule has 1 saturated heterocycles. The van der Waals surface area contributed by atoms with E-state index in [-0.39, 0.29) is 24.0 Å². The number of carbonyl (C=O) groups excluding carboxylic acids is 2. The van der Waals surface area contributed by atoms with Gasteiger partial charge in [0.1, 0.15) is 0 Å². The predicted molar refractivity (Wildman–Crippen MR) is 116 cm³/mol. The van der Waals surface area contributed by atoms with Crippen LogP contribution < -0.4 is 10.2 Å². The third-order valence-corrected chi connectivity index (χ3v) is 6.46. The molecule has 0 saturated carbocycles. The Hall–Kier alpha value is -2.45. The molecule has 2 unspecified atom stereocenters. The van der Waals surface area contributed by atoms with Crippen LogP contribution in [0.2, 0.25) is 0 Å². The van der Waals surface area contributed by atoms with E-state index in [4.69, 9.17) is 4.74 Å². The molecule has 1 aliphatic rings. The smallest absolute Gasteiger partial charge is 0.337 e. The summed E-state index contributed by atoms with van der Waals surface area (Å²) in [5, 5.41) is 3.62. The second kappa shape index (κ2) is 8.92. The highest BCUT2D eigenvalue weighted by Crippen LogP contribution is 2.24. The van der Waals surface area contributed by atoms with E-state index in [9.17, 15) is 9.59 Å². The second-order valence-corrected chi connectivity index (χ2v) is 8.60. The van der Waals surface area contributed by atoms with Crippen LogP contribution in [0.3, 0.4) is 0 Å². The molecule has 2 aromatic rings. The van der Waals surface area contributed by atoms with Crippen LogP contribution in [0.5, 0.6) is 0 Å². The van der Waals surface area contributed by atoms with Crippen LogP contribution in [0, 0.1) is 13.8 Å². The topological polar surface area (TPSA) is 74.8 Å². The highest BCUT2D eigenvalue weighted by atomic mass is 32.1. The van der Waals surface area contributed by atoms with Gasteiger partial charge in [-0.2, -0.15) is 0 Å². The Bertz CT molecular complexity index is 861. The van der Waals surface area contributed by atoms with Crippen molar-refractivity contribution in [2.45, 2.75) is 39.8 Å². The Morgan fingerprint density at radius 2 is 1.93 bits per heavy atom. The van der Waals surface area contributed by atoms with Crippen molar-refractivity contribution in [2.75, 3.05) is 37.0 Å². The summed E-state index contributed by atoms with van der Waals surface area (Å²) in [5.74, 6) is -0.360. The fraction of sp³-hybridized carbons (Fsp3) is 0.476. The molecule has 8 heteroatoms. The average Bonchev–Trinajstić information content (AvgIpc) is 3.03. The van der Waals surface area contributed by atoms with Crippen molar-refractivity contribution in [3.05, 3.63) is 40.4 Å². The zero-order valence-corrected chi connectivity index (χ0v) is 18.4. The van der Waals surface area contributed by atoms with Gasteiger partial charge in [-0.05, 0) is 52.0 Å². The number of aryl methyl sites for hydroxylation is 2. The lowest BCUT2D eigenvalue weighted by Gasteiger charge is -2.43. The molecule has 1 amide bonds. The first-order valence-corrected chi connectivity index (χ1v) is 10.6. The molecular weight excluding hydrogens is 388 g/mol. The Morgan fingerprint density at radius 3 is 2.48 bits per heavy atom. The van der Waals surface area contributed by atoms with Gasteiger partial charge in [0.25, 0.3) is 0 Å². The van der Waals surface area contributed by atoms with Crippen molar-refractivity contribution in [1.29, 1.82) is 0 Å². The van der Waals surface area contributed by atoms with Gasteiger partial charge in [0.05, 0.1) is 24.4 Å². The Labute approximate surface area is 175 Å². The van der Waals surface area contributed by atoms with Gasteiger partial charge in [0.15, 0.2) is 5.13 Å². The third-order valence-electron chi connectivity index (χ3n) is 5.47. The summed E-state index contributed by atoms with van der Waals surface area (Å²) in [6, 6.07) is 7.43. The van der Waals surface area contributed by atoms with E-state index in [0.29, 0.717) is 10.7 Å². The van der Waals surface area contributed by atoms with Crippen LogP contribution in [0.25, 0.3) is 0 Å². The van der Waals surface area contributed by atoms with E-state index in [0.717, 1.165) is 35.9 Å². The Kier molecular flexibility index (Phi) is 6.54. The Morgan fingerprint density at radius 1 is 1.24 bits per heavy atom. The lowest BCUT2D eigenvalue weighted by atomic mass is 10.1. The van der Waals surface area contributed by atoms with Gasteiger partial charge >= 0.3 is 5.97 Å². The molecule has 2 heterocycles. The highest BCUT2D eigenvalue weighted by molar-refractivity contribution is 7.15. The number of hydrogen-bond acceptors (Lipinski definition) is 7. The van der Waals surface area contributed by atoms with Gasteiger partial charge in [0, 0.05) is 36.2 Å². The van der Waals surface area contributed by atoms with Crippen LogP contribution in [0.15, 0.2) is 24.3 Å². The van der Waals surface area contributed by atoms with Gasteiger partial charge in [-0.25, -0.2) is 9.78 Å². The van der Waals surface area contributed by atoms with E-state index >= 15 is 0 Å². The molecule has 0 spiro atoms. The summed E-state index contributed by atoms with van der Waals surface area (Å²) in [5.41, 5.74) is 2.56. The van der Waals surface area contributed by atoms with Crippen molar-refractivity contribution in [1.82, 2.24) is 9.88 Å². The molecule has 0 bridgehead atoms. The van der Waals surface area contributed by atoms with Crippen LogP contribution in [0.4, 0.5) is 10.8 Å². The van der Waals surface area contributed by atoms with E-state index < -0.39 is 0 Å². The zero-order valence-electron chi connectivity index (χ0n) is 17.6. The normalized spacial score (nSPS) is 18.4. The van der Waals surface area contributed by atoms with Gasteiger partial charge in [0.2, 0.25) is 5.91 Å². The molecule has 1 fully saturated rings. The number of piperazine rings is 1. The maximum absolute atomic E-state index is 12.7. The fourth-order valence-electron chi connectivity index (χ4n) is 3.59. The van der Waals surface area contributed by atoms with E-state index in [2.05, 4.69) is 27.0 Å². The number of benzene rings is 1. The highest BCUT2D eigenvalue weighted by Gasteiger charge is 2.31. The van der Waals surface area contributed by atoms with E-state index in [1.807, 2.05) is 32.9 Å². The number of nitrogens with one attached hydrogen (secondary N) is 1. The first kappa shape index (κ1) is 21.3. The standard InChI is InChI=1S/C21H28N4O3S/c1-13-12-24(18-8-6-17(7-9-18)20(27)28-5)10-11-25(13)15(3)19(26)23-21-22-14(2)16(4)29-21/h6-9,13,15H,10-12H2,1-5H3,(H,22,23,26). The van der Waals surface area contributed by atoms with Crippen molar-refractivity contribution in [3.8, 4) is 0 Å². The summed E-state index contributed by atoms with van der Waals surface area (Å²) < 4.78 is 4.75. The number of ether oxygens (including phenoxy) is 1. The maximum atomic E-state index is 12.7. The summed E-state index contributed by atoms with van der Waals surface area (Å²) in [4.78, 5) is 34.3. The minimum Gasteiger partial charge on any atom is -0.465 e. The predicted octanol–water partition coefficient (Wildman–Crippen LogP) is 3.08. The number of nitrogens with zero attached hydrogens (tertiary/aromatic N) is 3. The van der Waals surface area contributed by atoms with Crippen LogP contribution in [0.1, 0.15) is 34.8 Å². The number of carbonyl (C=O) groups is 2. The minimum absolute atomic E-state index is 0.0264. The molecule has 2 atom stereocenters. The van der Waals surface area contributed by atoms with Crippen molar-refractivity contribution in [2.24, 2.45) is 0 Å². The lowest BCUT2D eigenvalue weighted by molar-refractivity contribution is -0.121. The van der Waals surface area contributed by atoms with Crippen molar-refractivity contribution >= 4 is 34.0 Å². The molecule has 156 valence electrons. The van der Waals surface area contributed by atoms with Crippen LogP contribution in [-0.2, 0) is 9.53 Å². The van der Waals surface area contributed by atoms with Crippen LogP contribution in [-0.4, -0.2) is 60.6 Å². The van der Waals surface area contributed by atoms with Crippen LogP contribution >= 0.6 is 11.3 Å². The number of thiazole rings is 1. The van der Waals surface area contributed by atoms with Crippen molar-refractivity contribution < 1.29 is 14.3 Å². The maximum Gasteiger partial charge on any atom is 0.337 e. The SMILES string of the molecule is COC(=O)c1ccc(N2CCN(C(C)C(=O)Nc3nc(C)c(C)s3)C(C)C2)cc1. The summed E-state index contributed by atoms with van der Waals surface area (Å²) in [7, 11) is 1.38. The number of amides is 1. The number of aromatic nitrogens is 1. The number of rotatable bonds is 5.